The molecule has 13 heavy (non-hydrogen) atoms. The third-order valence-corrected chi connectivity index (χ3v) is 2.95. The van der Waals surface area contributed by atoms with Gasteiger partial charge in [-0.15, -0.1) is 0 Å². The van der Waals surface area contributed by atoms with E-state index in [4.69, 9.17) is 0 Å². The van der Waals surface area contributed by atoms with Gasteiger partial charge in [0.2, 0.25) is 0 Å². The van der Waals surface area contributed by atoms with E-state index in [2.05, 4.69) is 42.5 Å². The molecule has 0 atom stereocenters. The Hall–Kier alpha value is -0.540. The first-order chi connectivity index (χ1) is 6.27. The molecule has 2 rings (SSSR count). The zero-order chi connectivity index (χ0) is 9.26. The average molecular weight is 301 g/mol. The zero-order valence-electron chi connectivity index (χ0n) is 6.74. The summed E-state index contributed by atoms with van der Waals surface area (Å²) < 4.78 is 4.24. The summed E-state index contributed by atoms with van der Waals surface area (Å²) in [7, 11) is 0. The lowest BCUT2D eigenvalue weighted by Crippen LogP contribution is -1.90. The molecule has 2 aromatic rings. The lowest BCUT2D eigenvalue weighted by atomic mass is 10.3. The van der Waals surface area contributed by atoms with Gasteiger partial charge in [0, 0.05) is 21.3 Å². The van der Waals surface area contributed by atoms with Gasteiger partial charge in [-0.3, -0.25) is 0 Å². The largest absolute Gasteiger partial charge is 0.323 e. The molecule has 3 heteroatoms. The Kier molecular flexibility index (Phi) is 2.56. The van der Waals surface area contributed by atoms with Gasteiger partial charge in [-0.05, 0) is 46.3 Å². The highest BCUT2D eigenvalue weighted by Gasteiger charge is 2.00. The van der Waals surface area contributed by atoms with Crippen molar-refractivity contribution >= 4 is 31.9 Å². The molecule has 0 saturated heterocycles. The van der Waals surface area contributed by atoms with Gasteiger partial charge in [0.15, 0.2) is 0 Å². The van der Waals surface area contributed by atoms with Crippen molar-refractivity contribution in [1.82, 2.24) is 4.57 Å². The average Bonchev–Trinajstić information content (AvgIpc) is 2.61. The zero-order valence-corrected chi connectivity index (χ0v) is 9.92. The van der Waals surface area contributed by atoms with Crippen LogP contribution in [-0.2, 0) is 0 Å². The second-order valence-electron chi connectivity index (χ2n) is 2.69. The van der Waals surface area contributed by atoms with Crippen molar-refractivity contribution in [2.45, 2.75) is 0 Å². The number of rotatable bonds is 1. The maximum Gasteiger partial charge on any atom is 0.0602 e. The molecule has 1 nitrogen and oxygen atoms in total. The normalized spacial score (nSPS) is 10.3. The van der Waals surface area contributed by atoms with Gasteiger partial charge in [0.1, 0.15) is 0 Å². The molecule has 0 unspecified atom stereocenters. The van der Waals surface area contributed by atoms with E-state index in [-0.39, 0.29) is 0 Å². The number of nitrogens with zero attached hydrogens (tertiary/aromatic N) is 1. The van der Waals surface area contributed by atoms with Crippen LogP contribution in [0.3, 0.4) is 0 Å². The SMILES string of the molecule is Brc1ccc(Br)c(-n2cccc2)c1. The Morgan fingerprint density at radius 3 is 2.38 bits per heavy atom. The van der Waals surface area contributed by atoms with Gasteiger partial charge >= 0.3 is 0 Å². The third kappa shape index (κ3) is 1.86. The van der Waals surface area contributed by atoms with Crippen LogP contribution in [0.2, 0.25) is 0 Å². The molecule has 0 amide bonds. The quantitative estimate of drug-likeness (QED) is 0.750. The molecule has 0 spiro atoms. The standard InChI is InChI=1S/C10H7Br2N/c11-8-3-4-9(12)10(7-8)13-5-1-2-6-13/h1-7H. The molecule has 0 fully saturated rings. The molecule has 1 heterocycles. The van der Waals surface area contributed by atoms with Crippen molar-refractivity contribution in [3.8, 4) is 5.69 Å². The summed E-state index contributed by atoms with van der Waals surface area (Å²) in [5.74, 6) is 0. The van der Waals surface area contributed by atoms with Gasteiger partial charge < -0.3 is 4.57 Å². The third-order valence-electron chi connectivity index (χ3n) is 1.79. The van der Waals surface area contributed by atoms with E-state index >= 15 is 0 Å². The van der Waals surface area contributed by atoms with Crippen LogP contribution in [0.4, 0.5) is 0 Å². The maximum absolute atomic E-state index is 3.51. The van der Waals surface area contributed by atoms with Gasteiger partial charge in [-0.25, -0.2) is 0 Å². The Morgan fingerprint density at radius 2 is 1.69 bits per heavy atom. The number of hydrogen-bond acceptors (Lipinski definition) is 0. The lowest BCUT2D eigenvalue weighted by molar-refractivity contribution is 1.07. The van der Waals surface area contributed by atoms with Crippen molar-refractivity contribution in [1.29, 1.82) is 0 Å². The van der Waals surface area contributed by atoms with E-state index in [1.54, 1.807) is 0 Å². The molecule has 0 radical (unpaired) electrons. The van der Waals surface area contributed by atoms with Crippen LogP contribution >= 0.6 is 31.9 Å². The van der Waals surface area contributed by atoms with Crippen LogP contribution < -0.4 is 0 Å². The summed E-state index contributed by atoms with van der Waals surface area (Å²) in [6, 6.07) is 10.1. The fourth-order valence-electron chi connectivity index (χ4n) is 1.18. The Morgan fingerprint density at radius 1 is 1.00 bits per heavy atom. The van der Waals surface area contributed by atoms with Gasteiger partial charge in [-0.1, -0.05) is 15.9 Å². The molecular formula is C10H7Br2N. The van der Waals surface area contributed by atoms with Crippen LogP contribution in [0.5, 0.6) is 0 Å². The van der Waals surface area contributed by atoms with Gasteiger partial charge in [0.25, 0.3) is 0 Å². The monoisotopic (exact) mass is 299 g/mol. The number of aromatic nitrogens is 1. The highest BCUT2D eigenvalue weighted by molar-refractivity contribution is 9.11. The Balaban J connectivity index is 2.57. The molecule has 0 bridgehead atoms. The summed E-state index contributed by atoms with van der Waals surface area (Å²) in [6.45, 7) is 0. The first-order valence-electron chi connectivity index (χ1n) is 3.86. The lowest BCUT2D eigenvalue weighted by Gasteiger charge is -2.05. The number of halogens is 2. The van der Waals surface area contributed by atoms with Crippen molar-refractivity contribution in [3.05, 3.63) is 51.7 Å². The summed E-state index contributed by atoms with van der Waals surface area (Å²) in [5, 5.41) is 0. The first-order valence-corrected chi connectivity index (χ1v) is 5.44. The minimum absolute atomic E-state index is 1.08. The highest BCUT2D eigenvalue weighted by atomic mass is 79.9. The van der Waals surface area contributed by atoms with E-state index in [0.29, 0.717) is 0 Å². The second kappa shape index (κ2) is 3.68. The molecular weight excluding hydrogens is 294 g/mol. The smallest absolute Gasteiger partial charge is 0.0602 e. The summed E-state index contributed by atoms with van der Waals surface area (Å²) in [4.78, 5) is 0. The van der Waals surface area contributed by atoms with E-state index in [1.807, 2.05) is 36.7 Å². The van der Waals surface area contributed by atoms with Crippen molar-refractivity contribution in [2.24, 2.45) is 0 Å². The summed E-state index contributed by atoms with van der Waals surface area (Å²) in [5.41, 5.74) is 1.14. The van der Waals surface area contributed by atoms with E-state index in [9.17, 15) is 0 Å². The maximum atomic E-state index is 3.51. The molecule has 0 aliphatic rings. The Bertz CT molecular complexity index is 407. The van der Waals surface area contributed by atoms with E-state index < -0.39 is 0 Å². The fourth-order valence-corrected chi connectivity index (χ4v) is 1.98. The summed E-state index contributed by atoms with van der Waals surface area (Å²) in [6.07, 6.45) is 4.04. The molecule has 0 N–H and O–H groups in total. The predicted octanol–water partition coefficient (Wildman–Crippen LogP) is 4.00. The van der Waals surface area contributed by atoms with Crippen LogP contribution in [0.1, 0.15) is 0 Å². The first kappa shape index (κ1) is 9.03. The Labute approximate surface area is 93.6 Å². The van der Waals surface area contributed by atoms with Crippen molar-refractivity contribution in [2.75, 3.05) is 0 Å². The molecule has 0 saturated carbocycles. The van der Waals surface area contributed by atoms with Gasteiger partial charge in [-0.2, -0.15) is 0 Å². The van der Waals surface area contributed by atoms with Crippen LogP contribution in [0.25, 0.3) is 5.69 Å². The predicted molar refractivity (Wildman–Crippen MR) is 61.2 cm³/mol. The van der Waals surface area contributed by atoms with E-state index in [0.717, 1.165) is 14.6 Å². The molecule has 1 aromatic heterocycles. The van der Waals surface area contributed by atoms with Crippen LogP contribution in [0.15, 0.2) is 51.7 Å². The molecule has 1 aromatic carbocycles. The molecule has 66 valence electrons. The fraction of sp³-hybridized carbons (Fsp3) is 0. The number of benzene rings is 1. The minimum Gasteiger partial charge on any atom is -0.323 e. The summed E-state index contributed by atoms with van der Waals surface area (Å²) >= 11 is 6.96. The van der Waals surface area contributed by atoms with Gasteiger partial charge in [0.05, 0.1) is 5.69 Å². The topological polar surface area (TPSA) is 4.93 Å². The second-order valence-corrected chi connectivity index (χ2v) is 4.46. The van der Waals surface area contributed by atoms with Crippen molar-refractivity contribution in [3.63, 3.8) is 0 Å². The van der Waals surface area contributed by atoms with Crippen LogP contribution in [-0.4, -0.2) is 4.57 Å². The molecule has 0 aliphatic heterocycles. The highest BCUT2D eigenvalue weighted by Crippen LogP contribution is 2.24. The van der Waals surface area contributed by atoms with Crippen molar-refractivity contribution < 1.29 is 0 Å². The minimum atomic E-state index is 1.08. The molecule has 0 aliphatic carbocycles. The van der Waals surface area contributed by atoms with Crippen LogP contribution in [0, 0.1) is 0 Å². The van der Waals surface area contributed by atoms with E-state index in [1.165, 1.54) is 0 Å². The number of hydrogen-bond donors (Lipinski definition) is 0.